The van der Waals surface area contributed by atoms with Crippen LogP contribution < -0.4 is 0 Å². The molecule has 30 heavy (non-hydrogen) atoms. The minimum atomic E-state index is -0.403. The van der Waals surface area contributed by atoms with Crippen molar-refractivity contribution in [1.82, 2.24) is 4.90 Å². The Morgan fingerprint density at radius 1 is 0.800 bits per heavy atom. The fourth-order valence-corrected chi connectivity index (χ4v) is 5.23. The summed E-state index contributed by atoms with van der Waals surface area (Å²) in [7, 11) is 0. The Morgan fingerprint density at radius 2 is 1.30 bits per heavy atom. The monoisotopic (exact) mass is 395 g/mol. The highest BCUT2D eigenvalue weighted by molar-refractivity contribution is 5.51. The molecule has 0 amide bonds. The lowest BCUT2D eigenvalue weighted by Gasteiger charge is -2.38. The Balaban J connectivity index is 1.60. The standard InChI is InChI=1S/C28H29NO/c30-27(20-22-12-10-11-13-22)26-21-29(26)28(23-14-4-1-5-15-23,24-16-6-2-7-17-24)25-18-8-3-9-19-25/h1-9,12,14-19,26-27,30H,10-11,13,20-21H2/t26-,27+,29?/m0/s1. The van der Waals surface area contributed by atoms with Crippen molar-refractivity contribution in [3.05, 3.63) is 119 Å². The zero-order chi connectivity index (χ0) is 20.4. The summed E-state index contributed by atoms with van der Waals surface area (Å²) in [6.07, 6.45) is 6.34. The topological polar surface area (TPSA) is 23.2 Å². The van der Waals surface area contributed by atoms with Crippen molar-refractivity contribution in [1.29, 1.82) is 0 Å². The van der Waals surface area contributed by atoms with Gasteiger partial charge >= 0.3 is 0 Å². The van der Waals surface area contributed by atoms with Crippen LogP contribution in [0.1, 0.15) is 42.4 Å². The molecule has 0 radical (unpaired) electrons. The molecule has 152 valence electrons. The van der Waals surface area contributed by atoms with Gasteiger partial charge in [-0.05, 0) is 42.4 Å². The molecule has 1 fully saturated rings. The Kier molecular flexibility index (Phi) is 5.28. The molecule has 1 aliphatic carbocycles. The van der Waals surface area contributed by atoms with Gasteiger partial charge in [0.05, 0.1) is 17.7 Å². The Labute approximate surface area is 179 Å². The van der Waals surface area contributed by atoms with Crippen LogP contribution in [0.25, 0.3) is 0 Å². The average molecular weight is 396 g/mol. The quantitative estimate of drug-likeness (QED) is 0.323. The number of aliphatic hydroxyl groups excluding tert-OH is 1. The average Bonchev–Trinajstić information content (AvgIpc) is 3.44. The molecule has 2 nitrogen and oxygen atoms in total. The summed E-state index contributed by atoms with van der Waals surface area (Å²) in [5, 5.41) is 11.1. The van der Waals surface area contributed by atoms with Crippen LogP contribution in [0.5, 0.6) is 0 Å². The predicted molar refractivity (Wildman–Crippen MR) is 122 cm³/mol. The largest absolute Gasteiger partial charge is 0.391 e. The lowest BCUT2D eigenvalue weighted by atomic mass is 9.76. The van der Waals surface area contributed by atoms with E-state index in [2.05, 4.69) is 102 Å². The lowest BCUT2D eigenvalue weighted by molar-refractivity contribution is 0.140. The predicted octanol–water partition coefficient (Wildman–Crippen LogP) is 5.52. The minimum absolute atomic E-state index is 0.159. The van der Waals surface area contributed by atoms with Gasteiger partial charge in [-0.15, -0.1) is 0 Å². The zero-order valence-corrected chi connectivity index (χ0v) is 17.3. The highest BCUT2D eigenvalue weighted by Gasteiger charge is 2.55. The van der Waals surface area contributed by atoms with E-state index in [0.717, 1.165) is 19.4 Å². The van der Waals surface area contributed by atoms with Gasteiger partial charge in [0.2, 0.25) is 0 Å². The molecule has 1 heterocycles. The first-order valence-corrected chi connectivity index (χ1v) is 11.1. The van der Waals surface area contributed by atoms with Gasteiger partial charge in [0.15, 0.2) is 0 Å². The molecule has 5 rings (SSSR count). The fourth-order valence-electron chi connectivity index (χ4n) is 5.23. The van der Waals surface area contributed by atoms with E-state index in [1.807, 2.05) is 0 Å². The van der Waals surface area contributed by atoms with Crippen LogP contribution >= 0.6 is 0 Å². The third-order valence-electron chi connectivity index (χ3n) is 6.71. The number of hydrogen-bond acceptors (Lipinski definition) is 2. The normalized spacial score (nSPS) is 21.8. The first kappa shape index (κ1) is 19.3. The summed E-state index contributed by atoms with van der Waals surface area (Å²) in [5.74, 6) is 0. The molecule has 0 aromatic heterocycles. The van der Waals surface area contributed by atoms with Crippen LogP contribution in [0.2, 0.25) is 0 Å². The van der Waals surface area contributed by atoms with E-state index in [0.29, 0.717) is 0 Å². The molecular weight excluding hydrogens is 366 g/mol. The van der Waals surface area contributed by atoms with E-state index >= 15 is 0 Å². The number of allylic oxidation sites excluding steroid dienone is 1. The van der Waals surface area contributed by atoms with Gasteiger partial charge in [-0.3, -0.25) is 4.90 Å². The van der Waals surface area contributed by atoms with Gasteiger partial charge in [-0.25, -0.2) is 0 Å². The van der Waals surface area contributed by atoms with Gasteiger partial charge in [0.1, 0.15) is 0 Å². The molecular formula is C28H29NO. The molecule has 1 N–H and O–H groups in total. The number of aliphatic hydroxyl groups is 1. The smallest absolute Gasteiger partial charge is 0.0977 e. The molecule has 3 atom stereocenters. The van der Waals surface area contributed by atoms with Crippen LogP contribution in [-0.2, 0) is 5.54 Å². The molecule has 1 saturated heterocycles. The maximum Gasteiger partial charge on any atom is 0.0977 e. The molecule has 3 aromatic carbocycles. The minimum Gasteiger partial charge on any atom is -0.391 e. The van der Waals surface area contributed by atoms with E-state index in [-0.39, 0.29) is 12.1 Å². The first-order valence-electron chi connectivity index (χ1n) is 11.1. The molecule has 2 heteroatoms. The van der Waals surface area contributed by atoms with Crippen molar-refractivity contribution < 1.29 is 5.11 Å². The van der Waals surface area contributed by atoms with Gasteiger partial charge in [0, 0.05) is 6.54 Å². The van der Waals surface area contributed by atoms with Crippen molar-refractivity contribution in [2.45, 2.75) is 43.4 Å². The van der Waals surface area contributed by atoms with Crippen LogP contribution in [0, 0.1) is 0 Å². The Hall–Kier alpha value is -2.68. The summed E-state index contributed by atoms with van der Waals surface area (Å²) in [6.45, 7) is 0.896. The van der Waals surface area contributed by atoms with Gasteiger partial charge in [-0.1, -0.05) is 103 Å². The van der Waals surface area contributed by atoms with E-state index < -0.39 is 5.54 Å². The van der Waals surface area contributed by atoms with Crippen molar-refractivity contribution in [3.8, 4) is 0 Å². The molecule has 1 aliphatic heterocycles. The molecule has 0 saturated carbocycles. The summed E-state index contributed by atoms with van der Waals surface area (Å²) in [5.41, 5.74) is 4.77. The van der Waals surface area contributed by atoms with E-state index in [9.17, 15) is 5.11 Å². The van der Waals surface area contributed by atoms with Crippen molar-refractivity contribution >= 4 is 0 Å². The third kappa shape index (κ3) is 3.40. The van der Waals surface area contributed by atoms with E-state index in [1.165, 1.54) is 35.1 Å². The Bertz CT molecular complexity index is 900. The summed E-state index contributed by atoms with van der Waals surface area (Å²) in [4.78, 5) is 2.49. The maximum atomic E-state index is 11.1. The Morgan fingerprint density at radius 3 is 1.73 bits per heavy atom. The van der Waals surface area contributed by atoms with Crippen molar-refractivity contribution in [2.75, 3.05) is 6.54 Å². The summed E-state index contributed by atoms with van der Waals surface area (Å²) in [6, 6.07) is 32.4. The van der Waals surface area contributed by atoms with E-state index in [1.54, 1.807) is 0 Å². The summed E-state index contributed by atoms with van der Waals surface area (Å²) < 4.78 is 0. The van der Waals surface area contributed by atoms with Gasteiger partial charge in [0.25, 0.3) is 0 Å². The van der Waals surface area contributed by atoms with Crippen LogP contribution in [0.15, 0.2) is 103 Å². The van der Waals surface area contributed by atoms with Gasteiger partial charge < -0.3 is 5.11 Å². The second kappa shape index (κ2) is 8.22. The second-order valence-electron chi connectivity index (χ2n) is 8.55. The van der Waals surface area contributed by atoms with Crippen LogP contribution in [0.4, 0.5) is 0 Å². The van der Waals surface area contributed by atoms with Crippen LogP contribution in [-0.4, -0.2) is 28.7 Å². The van der Waals surface area contributed by atoms with E-state index in [4.69, 9.17) is 0 Å². The third-order valence-corrected chi connectivity index (χ3v) is 6.71. The molecule has 0 spiro atoms. The van der Waals surface area contributed by atoms with Crippen LogP contribution in [0.3, 0.4) is 0 Å². The highest BCUT2D eigenvalue weighted by atomic mass is 16.3. The molecule has 3 aromatic rings. The van der Waals surface area contributed by atoms with Crippen molar-refractivity contribution in [3.63, 3.8) is 0 Å². The first-order chi connectivity index (χ1) is 14.8. The molecule has 2 aliphatic rings. The lowest BCUT2D eigenvalue weighted by Crippen LogP contribution is -2.40. The number of benzene rings is 3. The SMILES string of the molecule is O[C@H](CC1=CCCC1)[C@@H]1CN1C(c1ccccc1)(c1ccccc1)c1ccccc1. The highest BCUT2D eigenvalue weighted by Crippen LogP contribution is 2.49. The summed E-state index contributed by atoms with van der Waals surface area (Å²) >= 11 is 0. The maximum absolute atomic E-state index is 11.1. The number of hydrogen-bond donors (Lipinski definition) is 1. The van der Waals surface area contributed by atoms with Gasteiger partial charge in [-0.2, -0.15) is 0 Å². The zero-order valence-electron chi connectivity index (χ0n) is 17.3. The molecule has 1 unspecified atom stereocenters. The van der Waals surface area contributed by atoms with Crippen molar-refractivity contribution in [2.24, 2.45) is 0 Å². The second-order valence-corrected chi connectivity index (χ2v) is 8.55. The molecule has 0 bridgehead atoms. The number of rotatable bonds is 7. The number of nitrogens with zero attached hydrogens (tertiary/aromatic N) is 1. The fraction of sp³-hybridized carbons (Fsp3) is 0.286.